The number of hydrogen-bond donors (Lipinski definition) is 7. The molecule has 2 aliphatic heterocycles. The SMILES string of the molecule is CC(C)[C@H](N)C(=O)N[C@@H](Cc1ccc(O)cc1)C(=O)N1CCC[C@H]1C(=O)NC1CC(=O)N(NCC(=O)N[C@@H](C)C(=O)O)C1=O. The second-order valence-corrected chi connectivity index (χ2v) is 11.2. The van der Waals surface area contributed by atoms with E-state index in [1.165, 1.54) is 24.0 Å². The van der Waals surface area contributed by atoms with Crippen LogP contribution in [0.25, 0.3) is 0 Å². The maximum absolute atomic E-state index is 13.8. The zero-order valence-electron chi connectivity index (χ0n) is 24.7. The van der Waals surface area contributed by atoms with Crippen LogP contribution < -0.4 is 27.1 Å². The zero-order chi connectivity index (χ0) is 32.7. The number of hydrazine groups is 1. The van der Waals surface area contributed by atoms with E-state index in [0.717, 1.165) is 0 Å². The molecule has 1 unspecified atom stereocenters. The van der Waals surface area contributed by atoms with Gasteiger partial charge in [0.15, 0.2) is 0 Å². The Morgan fingerprint density at radius 1 is 1.05 bits per heavy atom. The third-order valence-corrected chi connectivity index (χ3v) is 7.46. The van der Waals surface area contributed by atoms with Crippen LogP contribution in [0.1, 0.15) is 45.6 Å². The van der Waals surface area contributed by atoms with Crippen LogP contribution >= 0.6 is 0 Å². The van der Waals surface area contributed by atoms with Crippen LogP contribution in [-0.2, 0) is 40.0 Å². The first kappa shape index (κ1) is 33.9. The Balaban J connectivity index is 1.67. The van der Waals surface area contributed by atoms with E-state index in [1.54, 1.807) is 26.0 Å². The van der Waals surface area contributed by atoms with Crippen LogP contribution in [0.2, 0.25) is 0 Å². The minimum atomic E-state index is -1.26. The van der Waals surface area contributed by atoms with Crippen LogP contribution in [0.3, 0.4) is 0 Å². The first-order valence-corrected chi connectivity index (χ1v) is 14.3. The first-order chi connectivity index (χ1) is 20.7. The third kappa shape index (κ3) is 8.50. The minimum absolute atomic E-state index is 0.0310. The minimum Gasteiger partial charge on any atom is -0.508 e. The second kappa shape index (κ2) is 14.7. The lowest BCUT2D eigenvalue weighted by Gasteiger charge is -2.30. The molecule has 1 aromatic rings. The van der Waals surface area contributed by atoms with Gasteiger partial charge in [0.1, 0.15) is 29.9 Å². The van der Waals surface area contributed by atoms with Crippen LogP contribution in [0.4, 0.5) is 0 Å². The zero-order valence-corrected chi connectivity index (χ0v) is 24.7. The van der Waals surface area contributed by atoms with Gasteiger partial charge in [-0.2, -0.15) is 0 Å². The highest BCUT2D eigenvalue weighted by Gasteiger charge is 2.43. The molecular weight excluding hydrogens is 578 g/mol. The Morgan fingerprint density at radius 3 is 2.32 bits per heavy atom. The van der Waals surface area contributed by atoms with Gasteiger partial charge in [-0.25, -0.2) is 10.4 Å². The summed E-state index contributed by atoms with van der Waals surface area (Å²) in [4.78, 5) is 89.3. The maximum atomic E-state index is 13.8. The van der Waals surface area contributed by atoms with E-state index in [-0.39, 0.29) is 31.1 Å². The summed E-state index contributed by atoms with van der Waals surface area (Å²) in [5.41, 5.74) is 9.00. The summed E-state index contributed by atoms with van der Waals surface area (Å²) in [6.07, 6.45) is 0.430. The van der Waals surface area contributed by atoms with Gasteiger partial charge in [-0.1, -0.05) is 26.0 Å². The summed E-state index contributed by atoms with van der Waals surface area (Å²) in [6.45, 7) is 4.43. The predicted molar refractivity (Wildman–Crippen MR) is 153 cm³/mol. The third-order valence-electron chi connectivity index (χ3n) is 7.46. The number of carboxylic acids is 1. The number of imide groups is 1. The van der Waals surface area contributed by atoms with Crippen molar-refractivity contribution < 1.29 is 43.8 Å². The number of benzene rings is 1. The van der Waals surface area contributed by atoms with E-state index in [0.29, 0.717) is 17.0 Å². The highest BCUT2D eigenvalue weighted by Crippen LogP contribution is 2.22. The van der Waals surface area contributed by atoms with Crippen molar-refractivity contribution >= 4 is 41.4 Å². The maximum Gasteiger partial charge on any atom is 0.325 e. The van der Waals surface area contributed by atoms with Gasteiger partial charge in [0.2, 0.25) is 29.5 Å². The molecule has 2 aliphatic rings. The van der Waals surface area contributed by atoms with Crippen LogP contribution in [-0.4, -0.2) is 105 Å². The van der Waals surface area contributed by atoms with Gasteiger partial charge in [-0.15, -0.1) is 0 Å². The number of aromatic hydroxyl groups is 1. The molecule has 0 aliphatic carbocycles. The summed E-state index contributed by atoms with van der Waals surface area (Å²) >= 11 is 0. The van der Waals surface area contributed by atoms with Gasteiger partial charge < -0.3 is 36.8 Å². The van der Waals surface area contributed by atoms with E-state index in [2.05, 4.69) is 21.4 Å². The number of aliphatic carboxylic acids is 1. The monoisotopic (exact) mass is 617 g/mol. The van der Waals surface area contributed by atoms with E-state index in [4.69, 9.17) is 10.8 Å². The molecule has 2 heterocycles. The second-order valence-electron chi connectivity index (χ2n) is 11.2. The molecule has 6 amide bonds. The number of amides is 6. The van der Waals surface area contributed by atoms with Gasteiger partial charge in [0.25, 0.3) is 5.91 Å². The van der Waals surface area contributed by atoms with Crippen molar-refractivity contribution in [1.82, 2.24) is 31.3 Å². The van der Waals surface area contributed by atoms with Crippen molar-refractivity contribution in [1.29, 1.82) is 0 Å². The van der Waals surface area contributed by atoms with Crippen molar-refractivity contribution in [3.05, 3.63) is 29.8 Å². The molecule has 0 saturated carbocycles. The molecule has 240 valence electrons. The lowest BCUT2D eigenvalue weighted by Crippen LogP contribution is -2.58. The quantitative estimate of drug-likeness (QED) is 0.116. The molecule has 0 bridgehead atoms. The first-order valence-electron chi connectivity index (χ1n) is 14.3. The number of phenols is 1. The van der Waals surface area contributed by atoms with Crippen molar-refractivity contribution in [2.24, 2.45) is 11.7 Å². The molecule has 5 atom stereocenters. The fourth-order valence-electron chi connectivity index (χ4n) is 4.83. The Labute approximate surface area is 253 Å². The summed E-state index contributed by atoms with van der Waals surface area (Å²) in [6, 6.07) is 0.753. The molecular formula is C28H39N7O9. The van der Waals surface area contributed by atoms with Crippen molar-refractivity contribution in [2.45, 2.75) is 76.7 Å². The van der Waals surface area contributed by atoms with E-state index in [9.17, 15) is 38.7 Å². The fourth-order valence-corrected chi connectivity index (χ4v) is 4.83. The largest absolute Gasteiger partial charge is 0.508 e. The van der Waals surface area contributed by atoms with Gasteiger partial charge in [0.05, 0.1) is 19.0 Å². The van der Waals surface area contributed by atoms with Crippen LogP contribution in [0.15, 0.2) is 24.3 Å². The number of carboxylic acid groups (broad SMARTS) is 1. The topological polar surface area (TPSA) is 241 Å². The molecule has 8 N–H and O–H groups in total. The Morgan fingerprint density at radius 2 is 1.70 bits per heavy atom. The number of carbonyl (C=O) groups is 7. The predicted octanol–water partition coefficient (Wildman–Crippen LogP) is -2.27. The summed E-state index contributed by atoms with van der Waals surface area (Å²) in [5, 5.41) is 26.5. The fraction of sp³-hybridized carbons (Fsp3) is 0.536. The standard InChI is InChI=1S/C28H39N7O9/c1-14(2)23(29)25(40)33-18(11-16-6-8-17(36)9-7-16)26(41)34-10-4-5-20(34)24(39)32-19-12-22(38)35(27(19)42)30-13-21(37)31-15(3)28(43)44/h6-9,14-15,18-20,23,30,36H,4-5,10-13,29H2,1-3H3,(H,31,37)(H,32,39)(H,33,40)(H,43,44)/t15-,18-,19?,20-,23-/m0/s1. The molecule has 2 saturated heterocycles. The Hall–Kier alpha value is -4.57. The Bertz CT molecular complexity index is 1290. The number of nitrogens with one attached hydrogen (secondary N) is 4. The average Bonchev–Trinajstić information content (AvgIpc) is 3.56. The highest BCUT2D eigenvalue weighted by atomic mass is 16.4. The number of hydrogen-bond acceptors (Lipinski definition) is 10. The molecule has 16 heteroatoms. The molecule has 3 rings (SSSR count). The number of carbonyl (C=O) groups excluding carboxylic acids is 6. The van der Waals surface area contributed by atoms with Crippen LogP contribution in [0.5, 0.6) is 5.75 Å². The number of likely N-dealkylation sites (tertiary alicyclic amines) is 1. The van der Waals surface area contributed by atoms with E-state index >= 15 is 0 Å². The smallest absolute Gasteiger partial charge is 0.325 e. The molecule has 0 radical (unpaired) electrons. The van der Waals surface area contributed by atoms with Crippen molar-refractivity contribution in [2.75, 3.05) is 13.1 Å². The number of rotatable bonds is 13. The molecule has 44 heavy (non-hydrogen) atoms. The highest BCUT2D eigenvalue weighted by molar-refractivity contribution is 6.07. The van der Waals surface area contributed by atoms with Crippen molar-refractivity contribution in [3.63, 3.8) is 0 Å². The van der Waals surface area contributed by atoms with E-state index in [1.807, 2.05) is 0 Å². The van der Waals surface area contributed by atoms with Crippen LogP contribution in [0, 0.1) is 5.92 Å². The number of phenolic OH excluding ortho intramolecular Hbond substituents is 1. The summed E-state index contributed by atoms with van der Waals surface area (Å²) in [5.74, 6) is -5.46. The van der Waals surface area contributed by atoms with Gasteiger partial charge >= 0.3 is 5.97 Å². The normalized spacial score (nSPS) is 20.3. The van der Waals surface area contributed by atoms with Gasteiger partial charge in [-0.3, -0.25) is 33.6 Å². The molecule has 16 nitrogen and oxygen atoms in total. The molecule has 1 aromatic carbocycles. The lowest BCUT2D eigenvalue weighted by atomic mass is 10.0. The lowest BCUT2D eigenvalue weighted by molar-refractivity contribution is -0.145. The van der Waals surface area contributed by atoms with Gasteiger partial charge in [0, 0.05) is 13.0 Å². The summed E-state index contributed by atoms with van der Waals surface area (Å²) < 4.78 is 0. The average molecular weight is 618 g/mol. The van der Waals surface area contributed by atoms with E-state index < -0.39 is 84.6 Å². The number of nitrogens with two attached hydrogens (primary N) is 1. The number of nitrogens with zero attached hydrogens (tertiary/aromatic N) is 2. The molecule has 0 spiro atoms. The Kier molecular flexibility index (Phi) is 11.4. The molecule has 0 aromatic heterocycles. The summed E-state index contributed by atoms with van der Waals surface area (Å²) in [7, 11) is 0. The molecule has 2 fully saturated rings. The van der Waals surface area contributed by atoms with Gasteiger partial charge in [-0.05, 0) is 43.4 Å². The van der Waals surface area contributed by atoms with Crippen molar-refractivity contribution in [3.8, 4) is 5.75 Å².